The molecule has 1 aromatic carbocycles. The number of ether oxygens (including phenoxy) is 1. The summed E-state index contributed by atoms with van der Waals surface area (Å²) in [6.07, 6.45) is -1.57. The number of methoxy groups -OCH3 is 1. The minimum absolute atomic E-state index is 0.108. The Kier molecular flexibility index (Phi) is 6.45. The van der Waals surface area contributed by atoms with Crippen molar-refractivity contribution in [2.45, 2.75) is 31.3 Å². The van der Waals surface area contributed by atoms with E-state index in [2.05, 4.69) is 51.9 Å². The predicted octanol–water partition coefficient (Wildman–Crippen LogP) is 3.57. The van der Waals surface area contributed by atoms with E-state index >= 15 is 0 Å². The van der Waals surface area contributed by atoms with E-state index in [1.165, 1.54) is 13.3 Å². The summed E-state index contributed by atoms with van der Waals surface area (Å²) >= 11 is 3.40. The SMILES string of the molecule is COC(=O)Nc1ccc2c(C3=NC(NC4CCCNC4)NC=C3C(F)(F)F)c[nH]c2c1Br. The molecule has 1 saturated heterocycles. The van der Waals surface area contributed by atoms with Crippen LogP contribution < -0.4 is 21.3 Å². The lowest BCUT2D eigenvalue weighted by Gasteiger charge is -2.30. The summed E-state index contributed by atoms with van der Waals surface area (Å²) < 4.78 is 46.5. The minimum Gasteiger partial charge on any atom is -0.453 e. The Morgan fingerprint density at radius 3 is 2.84 bits per heavy atom. The van der Waals surface area contributed by atoms with E-state index in [1.807, 2.05) is 0 Å². The molecule has 3 heterocycles. The highest BCUT2D eigenvalue weighted by Gasteiger charge is 2.40. The summed E-state index contributed by atoms with van der Waals surface area (Å²) in [7, 11) is 1.24. The van der Waals surface area contributed by atoms with Crippen molar-refractivity contribution in [2.24, 2.45) is 4.99 Å². The number of nitrogens with zero attached hydrogens (tertiary/aromatic N) is 1. The van der Waals surface area contributed by atoms with Gasteiger partial charge in [0.1, 0.15) is 0 Å². The molecule has 0 aliphatic carbocycles. The van der Waals surface area contributed by atoms with E-state index in [-0.39, 0.29) is 11.8 Å². The maximum absolute atomic E-state index is 13.8. The third kappa shape index (κ3) is 4.62. The van der Waals surface area contributed by atoms with Crippen molar-refractivity contribution < 1.29 is 22.7 Å². The topological polar surface area (TPSA) is 103 Å². The van der Waals surface area contributed by atoms with E-state index in [0.717, 1.165) is 32.1 Å². The first-order valence-electron chi connectivity index (χ1n) is 10.0. The molecule has 4 rings (SSSR count). The molecule has 8 nitrogen and oxygen atoms in total. The molecule has 2 aromatic rings. The number of aromatic nitrogens is 1. The Morgan fingerprint density at radius 1 is 1.34 bits per heavy atom. The fraction of sp³-hybridized carbons (Fsp3) is 0.400. The van der Waals surface area contributed by atoms with Gasteiger partial charge < -0.3 is 20.4 Å². The molecule has 5 N–H and O–H groups in total. The number of rotatable bonds is 4. The van der Waals surface area contributed by atoms with Crippen LogP contribution in [-0.2, 0) is 4.74 Å². The lowest BCUT2D eigenvalue weighted by Crippen LogP contribution is -2.52. The summed E-state index contributed by atoms with van der Waals surface area (Å²) in [4.78, 5) is 18.9. The van der Waals surface area contributed by atoms with Crippen molar-refractivity contribution in [1.82, 2.24) is 20.9 Å². The molecule has 32 heavy (non-hydrogen) atoms. The predicted molar refractivity (Wildman–Crippen MR) is 119 cm³/mol. The number of piperidine rings is 1. The first-order chi connectivity index (χ1) is 15.3. The van der Waals surface area contributed by atoms with Crippen molar-refractivity contribution in [3.63, 3.8) is 0 Å². The number of nitrogens with one attached hydrogen (secondary N) is 5. The van der Waals surface area contributed by atoms with E-state index in [9.17, 15) is 18.0 Å². The molecule has 172 valence electrons. The number of aliphatic imine (C=N–C) groups is 1. The number of amides is 1. The smallest absolute Gasteiger partial charge is 0.419 e. The largest absolute Gasteiger partial charge is 0.453 e. The van der Waals surface area contributed by atoms with Crippen LogP contribution in [-0.4, -0.2) is 55.5 Å². The fourth-order valence-electron chi connectivity index (χ4n) is 3.82. The molecule has 1 aromatic heterocycles. The third-order valence-electron chi connectivity index (χ3n) is 5.36. The average molecular weight is 515 g/mol. The van der Waals surface area contributed by atoms with Gasteiger partial charge in [0.05, 0.1) is 34.1 Å². The average Bonchev–Trinajstić information content (AvgIpc) is 3.20. The van der Waals surface area contributed by atoms with Crippen LogP contribution in [0.25, 0.3) is 10.9 Å². The molecule has 0 radical (unpaired) electrons. The molecule has 2 unspecified atom stereocenters. The molecule has 0 saturated carbocycles. The zero-order chi connectivity index (χ0) is 22.9. The van der Waals surface area contributed by atoms with Gasteiger partial charge in [-0.3, -0.25) is 10.6 Å². The van der Waals surface area contributed by atoms with Crippen molar-refractivity contribution in [1.29, 1.82) is 0 Å². The van der Waals surface area contributed by atoms with Gasteiger partial charge in [-0.15, -0.1) is 0 Å². The zero-order valence-corrected chi connectivity index (χ0v) is 18.7. The maximum atomic E-state index is 13.8. The zero-order valence-electron chi connectivity index (χ0n) is 17.1. The van der Waals surface area contributed by atoms with Gasteiger partial charge in [0.2, 0.25) is 0 Å². The number of alkyl halides is 3. The van der Waals surface area contributed by atoms with Gasteiger partial charge in [0.25, 0.3) is 0 Å². The number of allylic oxidation sites excluding steroid dienone is 1. The Morgan fingerprint density at radius 2 is 2.16 bits per heavy atom. The lowest BCUT2D eigenvalue weighted by atomic mass is 10.0. The Balaban J connectivity index is 1.70. The first kappa shape index (κ1) is 22.6. The quantitative estimate of drug-likeness (QED) is 0.429. The molecular formula is C20H22BrF3N6O2. The van der Waals surface area contributed by atoms with Crippen molar-refractivity contribution >= 4 is 44.3 Å². The molecule has 0 bridgehead atoms. The number of benzene rings is 1. The van der Waals surface area contributed by atoms with Crippen LogP contribution in [0.5, 0.6) is 0 Å². The Bertz CT molecular complexity index is 1080. The van der Waals surface area contributed by atoms with Crippen LogP contribution in [0.3, 0.4) is 0 Å². The van der Waals surface area contributed by atoms with Crippen LogP contribution in [0.4, 0.5) is 23.7 Å². The second-order valence-electron chi connectivity index (χ2n) is 7.48. The molecule has 2 aliphatic rings. The van der Waals surface area contributed by atoms with Crippen molar-refractivity contribution in [3.8, 4) is 0 Å². The number of H-pyrrole nitrogens is 1. The molecule has 2 aliphatic heterocycles. The number of hydrogen-bond acceptors (Lipinski definition) is 6. The van der Waals surface area contributed by atoms with Crippen LogP contribution in [0, 0.1) is 0 Å². The van der Waals surface area contributed by atoms with E-state index in [4.69, 9.17) is 0 Å². The second kappa shape index (κ2) is 9.12. The number of hydrogen-bond donors (Lipinski definition) is 5. The van der Waals surface area contributed by atoms with Gasteiger partial charge in [-0.05, 0) is 41.4 Å². The van der Waals surface area contributed by atoms with Gasteiger partial charge in [-0.25, -0.2) is 9.79 Å². The van der Waals surface area contributed by atoms with Crippen LogP contribution in [0.15, 0.2) is 39.6 Å². The standard InChI is InChI=1S/C20H22BrF3N6O2/c1-32-19(31)29-14-5-4-11-12(8-26-17(11)15(14)21)16-13(20(22,23)24)9-27-18(30-16)28-10-3-2-6-25-7-10/h4-5,8-10,18,25-28H,2-3,6-7H2,1H3,(H,29,31). The molecule has 2 atom stereocenters. The van der Waals surface area contributed by atoms with Gasteiger partial charge in [0.15, 0.2) is 6.29 Å². The van der Waals surface area contributed by atoms with Crippen LogP contribution in [0.2, 0.25) is 0 Å². The fourth-order valence-corrected chi connectivity index (χ4v) is 4.38. The Labute approximate surface area is 190 Å². The van der Waals surface area contributed by atoms with E-state index < -0.39 is 24.1 Å². The molecule has 1 amide bonds. The minimum atomic E-state index is -4.59. The third-order valence-corrected chi connectivity index (χ3v) is 6.19. The second-order valence-corrected chi connectivity index (χ2v) is 8.27. The van der Waals surface area contributed by atoms with Crippen LogP contribution in [0.1, 0.15) is 18.4 Å². The highest BCUT2D eigenvalue weighted by molar-refractivity contribution is 9.10. The monoisotopic (exact) mass is 514 g/mol. The van der Waals surface area contributed by atoms with E-state index in [1.54, 1.807) is 12.1 Å². The maximum Gasteiger partial charge on any atom is 0.419 e. The van der Waals surface area contributed by atoms with Crippen molar-refractivity contribution in [2.75, 3.05) is 25.5 Å². The number of halogens is 4. The normalized spacial score (nSPS) is 21.5. The van der Waals surface area contributed by atoms with Gasteiger partial charge >= 0.3 is 12.3 Å². The van der Waals surface area contributed by atoms with Crippen molar-refractivity contribution in [3.05, 3.63) is 40.1 Å². The molecule has 0 spiro atoms. The molecular weight excluding hydrogens is 493 g/mol. The summed E-state index contributed by atoms with van der Waals surface area (Å²) in [6, 6.07) is 3.32. The first-order valence-corrected chi connectivity index (χ1v) is 10.8. The summed E-state index contributed by atoms with van der Waals surface area (Å²) in [6.45, 7) is 1.66. The number of anilines is 1. The highest BCUT2D eigenvalue weighted by Crippen LogP contribution is 2.36. The number of carbonyl (C=O) groups is 1. The Hall–Kier alpha value is -2.57. The number of aromatic amines is 1. The van der Waals surface area contributed by atoms with Gasteiger partial charge in [0, 0.05) is 35.9 Å². The summed E-state index contributed by atoms with van der Waals surface area (Å²) in [5.74, 6) is 0. The number of carbonyl (C=O) groups excluding carboxylic acids is 1. The van der Waals surface area contributed by atoms with Gasteiger partial charge in [-0.1, -0.05) is 6.07 Å². The van der Waals surface area contributed by atoms with Gasteiger partial charge in [-0.2, -0.15) is 13.2 Å². The number of fused-ring (bicyclic) bond motifs is 1. The van der Waals surface area contributed by atoms with Crippen LogP contribution >= 0.6 is 15.9 Å². The summed E-state index contributed by atoms with van der Waals surface area (Å²) in [5.41, 5.74) is 0.234. The molecule has 12 heteroatoms. The highest BCUT2D eigenvalue weighted by atomic mass is 79.9. The van der Waals surface area contributed by atoms with E-state index in [0.29, 0.717) is 26.6 Å². The lowest BCUT2D eigenvalue weighted by molar-refractivity contribution is -0.0867. The summed E-state index contributed by atoms with van der Waals surface area (Å²) in [5, 5.41) is 12.3. The molecule has 1 fully saturated rings.